The molecule has 3 amide bonds. The lowest BCUT2D eigenvalue weighted by atomic mass is 10.2. The summed E-state index contributed by atoms with van der Waals surface area (Å²) in [6.07, 6.45) is 2.92. The molecule has 0 spiro atoms. The number of urea groups is 1. The second-order valence-electron chi connectivity index (χ2n) is 7.27. The van der Waals surface area contributed by atoms with Gasteiger partial charge in [0.15, 0.2) is 0 Å². The number of hydrogen-bond donors (Lipinski definition) is 2. The summed E-state index contributed by atoms with van der Waals surface area (Å²) in [5.74, 6) is -0.283. The Morgan fingerprint density at radius 3 is 2.83 bits per heavy atom. The van der Waals surface area contributed by atoms with Gasteiger partial charge in [-0.05, 0) is 45.4 Å². The quantitative estimate of drug-likeness (QED) is 0.679. The molecule has 0 saturated carbocycles. The summed E-state index contributed by atoms with van der Waals surface area (Å²) in [5.41, 5.74) is 2.34. The summed E-state index contributed by atoms with van der Waals surface area (Å²) in [5, 5.41) is 9.93. The van der Waals surface area contributed by atoms with Crippen LogP contribution in [0.2, 0.25) is 0 Å². The average molecular weight is 413 g/mol. The molecule has 9 heteroatoms. The van der Waals surface area contributed by atoms with Crippen molar-refractivity contribution >= 4 is 23.6 Å². The van der Waals surface area contributed by atoms with E-state index in [1.807, 2.05) is 13.0 Å². The van der Waals surface area contributed by atoms with E-state index in [1.54, 1.807) is 41.6 Å². The molecule has 1 aromatic carbocycles. The van der Waals surface area contributed by atoms with Gasteiger partial charge in [0, 0.05) is 31.2 Å². The fourth-order valence-corrected chi connectivity index (χ4v) is 3.46. The van der Waals surface area contributed by atoms with Crippen LogP contribution in [-0.2, 0) is 9.53 Å². The number of esters is 1. The Labute approximate surface area is 175 Å². The third-order valence-electron chi connectivity index (χ3n) is 4.90. The van der Waals surface area contributed by atoms with Crippen LogP contribution in [0.25, 0.3) is 5.69 Å². The SMILES string of the molecule is CCOC(=O)c1cnn(-c2cccc(NC(=O)NC(C)CN3CCCC3=O)c2)c1C. The molecule has 160 valence electrons. The minimum atomic E-state index is -0.416. The molecule has 30 heavy (non-hydrogen) atoms. The highest BCUT2D eigenvalue weighted by atomic mass is 16.5. The smallest absolute Gasteiger partial charge is 0.341 e. The van der Waals surface area contributed by atoms with E-state index in [2.05, 4.69) is 15.7 Å². The standard InChI is InChI=1S/C21H27N5O4/c1-4-30-20(28)18-12-22-26(15(18)3)17-8-5-7-16(11-17)24-21(29)23-14(2)13-25-10-6-9-19(25)27/h5,7-8,11-12,14H,4,6,9-10,13H2,1-3H3,(H2,23,24,29). The number of hydrogen-bond acceptors (Lipinski definition) is 5. The maximum atomic E-state index is 12.3. The van der Waals surface area contributed by atoms with Gasteiger partial charge < -0.3 is 20.3 Å². The highest BCUT2D eigenvalue weighted by Crippen LogP contribution is 2.19. The van der Waals surface area contributed by atoms with Crippen LogP contribution in [0.4, 0.5) is 10.5 Å². The van der Waals surface area contributed by atoms with Gasteiger partial charge in [-0.1, -0.05) is 6.07 Å². The van der Waals surface area contributed by atoms with Crippen LogP contribution >= 0.6 is 0 Å². The summed E-state index contributed by atoms with van der Waals surface area (Å²) < 4.78 is 6.67. The Kier molecular flexibility index (Phi) is 6.71. The van der Waals surface area contributed by atoms with E-state index in [0.717, 1.165) is 13.0 Å². The molecule has 1 saturated heterocycles. The molecule has 3 rings (SSSR count). The van der Waals surface area contributed by atoms with Crippen molar-refractivity contribution in [2.45, 2.75) is 39.7 Å². The molecule has 1 atom stereocenters. The van der Waals surface area contributed by atoms with E-state index >= 15 is 0 Å². The number of carbonyl (C=O) groups excluding carboxylic acids is 3. The molecule has 2 N–H and O–H groups in total. The molecule has 0 radical (unpaired) electrons. The Balaban J connectivity index is 1.63. The van der Waals surface area contributed by atoms with Crippen molar-refractivity contribution < 1.29 is 19.1 Å². The van der Waals surface area contributed by atoms with Crippen LogP contribution in [0, 0.1) is 6.92 Å². The highest BCUT2D eigenvalue weighted by Gasteiger charge is 2.22. The van der Waals surface area contributed by atoms with Crippen molar-refractivity contribution in [3.63, 3.8) is 0 Å². The number of nitrogens with zero attached hydrogens (tertiary/aromatic N) is 3. The first kappa shape index (κ1) is 21.4. The van der Waals surface area contributed by atoms with Crippen LogP contribution in [0.5, 0.6) is 0 Å². The Morgan fingerprint density at radius 1 is 1.33 bits per heavy atom. The third-order valence-corrected chi connectivity index (χ3v) is 4.90. The fourth-order valence-electron chi connectivity index (χ4n) is 3.46. The highest BCUT2D eigenvalue weighted by molar-refractivity contribution is 5.91. The molecule has 1 aliphatic heterocycles. The maximum absolute atomic E-state index is 12.3. The minimum absolute atomic E-state index is 0.133. The number of ether oxygens (including phenoxy) is 1. The number of carbonyl (C=O) groups is 3. The van der Waals surface area contributed by atoms with E-state index < -0.39 is 5.97 Å². The van der Waals surface area contributed by atoms with Gasteiger partial charge in [0.2, 0.25) is 5.91 Å². The van der Waals surface area contributed by atoms with E-state index in [1.165, 1.54) is 6.20 Å². The molecule has 1 unspecified atom stereocenters. The van der Waals surface area contributed by atoms with Crippen LogP contribution < -0.4 is 10.6 Å². The number of nitrogens with one attached hydrogen (secondary N) is 2. The zero-order chi connectivity index (χ0) is 21.7. The number of rotatable bonds is 7. The van der Waals surface area contributed by atoms with Crippen molar-refractivity contribution in [2.75, 3.05) is 25.0 Å². The number of aromatic nitrogens is 2. The zero-order valence-electron chi connectivity index (χ0n) is 17.5. The van der Waals surface area contributed by atoms with Crippen molar-refractivity contribution in [1.29, 1.82) is 0 Å². The van der Waals surface area contributed by atoms with Gasteiger partial charge in [0.25, 0.3) is 0 Å². The molecule has 2 aromatic rings. The van der Waals surface area contributed by atoms with Crippen molar-refractivity contribution in [1.82, 2.24) is 20.0 Å². The van der Waals surface area contributed by atoms with E-state index in [9.17, 15) is 14.4 Å². The fraction of sp³-hybridized carbons (Fsp3) is 0.429. The van der Waals surface area contributed by atoms with E-state index in [-0.39, 0.29) is 18.0 Å². The van der Waals surface area contributed by atoms with Gasteiger partial charge >= 0.3 is 12.0 Å². The van der Waals surface area contributed by atoms with Gasteiger partial charge in [-0.25, -0.2) is 14.3 Å². The average Bonchev–Trinajstić information content (AvgIpc) is 3.27. The van der Waals surface area contributed by atoms with Gasteiger partial charge in [-0.3, -0.25) is 4.79 Å². The number of benzene rings is 1. The van der Waals surface area contributed by atoms with Crippen LogP contribution in [0.1, 0.15) is 42.7 Å². The second kappa shape index (κ2) is 9.43. The monoisotopic (exact) mass is 413 g/mol. The zero-order valence-corrected chi connectivity index (χ0v) is 17.5. The summed E-state index contributed by atoms with van der Waals surface area (Å²) in [6.45, 7) is 6.93. The van der Waals surface area contributed by atoms with Crippen molar-refractivity contribution in [2.24, 2.45) is 0 Å². The summed E-state index contributed by atoms with van der Waals surface area (Å²) in [7, 11) is 0. The molecule has 0 aliphatic carbocycles. The van der Waals surface area contributed by atoms with Crippen molar-refractivity contribution in [3.8, 4) is 5.69 Å². The lowest BCUT2D eigenvalue weighted by Crippen LogP contribution is -2.44. The van der Waals surface area contributed by atoms with Gasteiger partial charge in [-0.15, -0.1) is 0 Å². The van der Waals surface area contributed by atoms with Gasteiger partial charge in [0.1, 0.15) is 5.56 Å². The Hall–Kier alpha value is -3.36. The lowest BCUT2D eigenvalue weighted by Gasteiger charge is -2.21. The predicted octanol–water partition coefficient (Wildman–Crippen LogP) is 2.49. The van der Waals surface area contributed by atoms with E-state index in [4.69, 9.17) is 4.74 Å². The lowest BCUT2D eigenvalue weighted by molar-refractivity contribution is -0.127. The number of likely N-dealkylation sites (tertiary alicyclic amines) is 1. The largest absolute Gasteiger partial charge is 0.462 e. The van der Waals surface area contributed by atoms with Crippen LogP contribution in [-0.4, -0.2) is 58.3 Å². The molecule has 1 aromatic heterocycles. The number of anilines is 1. The minimum Gasteiger partial charge on any atom is -0.462 e. The molecule has 1 aliphatic rings. The maximum Gasteiger partial charge on any atom is 0.341 e. The van der Waals surface area contributed by atoms with Gasteiger partial charge in [-0.2, -0.15) is 5.10 Å². The first-order valence-electron chi connectivity index (χ1n) is 10.1. The molecule has 1 fully saturated rings. The predicted molar refractivity (Wildman–Crippen MR) is 112 cm³/mol. The Bertz CT molecular complexity index is 939. The first-order chi connectivity index (χ1) is 14.4. The van der Waals surface area contributed by atoms with Crippen LogP contribution in [0.15, 0.2) is 30.5 Å². The Morgan fingerprint density at radius 2 is 2.13 bits per heavy atom. The molecule has 2 heterocycles. The van der Waals surface area contributed by atoms with Crippen molar-refractivity contribution in [3.05, 3.63) is 41.7 Å². The normalized spacial score (nSPS) is 14.5. The van der Waals surface area contributed by atoms with Crippen LogP contribution in [0.3, 0.4) is 0 Å². The molecule has 0 bridgehead atoms. The molecular weight excluding hydrogens is 386 g/mol. The summed E-state index contributed by atoms with van der Waals surface area (Å²) in [4.78, 5) is 37.9. The summed E-state index contributed by atoms with van der Waals surface area (Å²) >= 11 is 0. The molecular formula is C21H27N5O4. The number of amides is 3. The van der Waals surface area contributed by atoms with E-state index in [0.29, 0.717) is 42.2 Å². The topological polar surface area (TPSA) is 106 Å². The summed E-state index contributed by atoms with van der Waals surface area (Å²) in [6, 6.07) is 6.64. The second-order valence-corrected chi connectivity index (χ2v) is 7.27. The first-order valence-corrected chi connectivity index (χ1v) is 10.1. The van der Waals surface area contributed by atoms with Gasteiger partial charge in [0.05, 0.1) is 24.2 Å². The third kappa shape index (κ3) is 4.97. The molecule has 9 nitrogen and oxygen atoms in total.